The first-order valence-electron chi connectivity index (χ1n) is 5.93. The highest BCUT2D eigenvalue weighted by Crippen LogP contribution is 2.25. The predicted octanol–water partition coefficient (Wildman–Crippen LogP) is 3.90. The van der Waals surface area contributed by atoms with Crippen LogP contribution >= 0.6 is 11.6 Å². The molecular weight excluding hydrogens is 236 g/mol. The first-order valence-corrected chi connectivity index (χ1v) is 6.46. The van der Waals surface area contributed by atoms with Crippen molar-refractivity contribution in [1.29, 1.82) is 0 Å². The molecule has 0 N–H and O–H groups in total. The van der Waals surface area contributed by atoms with Crippen LogP contribution in [0.1, 0.15) is 41.3 Å². The summed E-state index contributed by atoms with van der Waals surface area (Å²) < 4.78 is 5.63. The molecule has 0 aliphatic rings. The molecule has 0 saturated heterocycles. The number of alkyl halides is 1. The number of hydrogen-bond acceptors (Lipinski definition) is 2. The first kappa shape index (κ1) is 14.0. The molecule has 0 fully saturated rings. The van der Waals surface area contributed by atoms with Crippen molar-refractivity contribution in [2.45, 2.75) is 33.6 Å². The van der Waals surface area contributed by atoms with Crippen molar-refractivity contribution in [3.05, 3.63) is 28.8 Å². The number of hydrogen-bond donors (Lipinski definition) is 0. The maximum atomic E-state index is 11.9. The Morgan fingerprint density at radius 2 is 1.94 bits per heavy atom. The van der Waals surface area contributed by atoms with E-state index in [1.165, 1.54) is 0 Å². The van der Waals surface area contributed by atoms with Crippen molar-refractivity contribution >= 4 is 17.4 Å². The fourth-order valence-electron chi connectivity index (χ4n) is 1.56. The zero-order chi connectivity index (χ0) is 12.8. The highest BCUT2D eigenvalue weighted by Gasteiger charge is 2.13. The molecule has 2 nitrogen and oxygen atoms in total. The summed E-state index contributed by atoms with van der Waals surface area (Å²) in [7, 11) is 0. The lowest BCUT2D eigenvalue weighted by Gasteiger charge is -2.12. The van der Waals surface area contributed by atoms with E-state index in [0.717, 1.165) is 17.5 Å². The van der Waals surface area contributed by atoms with E-state index in [9.17, 15) is 4.79 Å². The van der Waals surface area contributed by atoms with Gasteiger partial charge in [0.25, 0.3) is 0 Å². The van der Waals surface area contributed by atoms with Crippen LogP contribution in [0.25, 0.3) is 0 Å². The van der Waals surface area contributed by atoms with Crippen molar-refractivity contribution in [1.82, 2.24) is 0 Å². The van der Waals surface area contributed by atoms with Gasteiger partial charge in [-0.15, -0.1) is 11.6 Å². The van der Waals surface area contributed by atoms with Crippen molar-refractivity contribution in [3.8, 4) is 5.75 Å². The number of ketones is 1. The largest absolute Gasteiger partial charge is 0.493 e. The lowest BCUT2D eigenvalue weighted by Crippen LogP contribution is -2.06. The fourth-order valence-corrected chi connectivity index (χ4v) is 1.73. The highest BCUT2D eigenvalue weighted by atomic mass is 35.5. The van der Waals surface area contributed by atoms with E-state index in [2.05, 4.69) is 0 Å². The summed E-state index contributed by atoms with van der Waals surface area (Å²) in [6, 6.07) is 3.83. The van der Waals surface area contributed by atoms with Gasteiger partial charge in [0.15, 0.2) is 5.78 Å². The molecule has 0 bridgehead atoms. The van der Waals surface area contributed by atoms with E-state index < -0.39 is 0 Å². The van der Waals surface area contributed by atoms with E-state index in [1.807, 2.05) is 32.9 Å². The number of ether oxygens (including phenoxy) is 1. The van der Waals surface area contributed by atoms with Crippen LogP contribution in [0.3, 0.4) is 0 Å². The van der Waals surface area contributed by atoms with Gasteiger partial charge in [0.2, 0.25) is 0 Å². The lowest BCUT2D eigenvalue weighted by atomic mass is 10.0. The van der Waals surface area contributed by atoms with Gasteiger partial charge in [-0.05, 0) is 43.5 Å². The number of Topliss-reactive ketones (excluding diaryl/α,β-unsaturated/α-hetero) is 1. The minimum absolute atomic E-state index is 0.0502. The molecule has 3 heteroatoms. The van der Waals surface area contributed by atoms with Gasteiger partial charge in [0.05, 0.1) is 12.2 Å². The van der Waals surface area contributed by atoms with Crippen LogP contribution in [0.15, 0.2) is 12.1 Å². The van der Waals surface area contributed by atoms with E-state index >= 15 is 0 Å². The Balaban J connectivity index is 3.06. The number of carbonyl (C=O) groups excluding carboxylic acids is 1. The van der Waals surface area contributed by atoms with Crippen LogP contribution in [0.5, 0.6) is 5.75 Å². The number of halogens is 1. The summed E-state index contributed by atoms with van der Waals surface area (Å²) in [5.74, 6) is 1.08. The van der Waals surface area contributed by atoms with Crippen molar-refractivity contribution in [3.63, 3.8) is 0 Å². The number of rotatable bonds is 6. The summed E-state index contributed by atoms with van der Waals surface area (Å²) in [5, 5.41) is 0. The minimum atomic E-state index is 0.0502. The van der Waals surface area contributed by atoms with Gasteiger partial charge in [-0.2, -0.15) is 0 Å². The topological polar surface area (TPSA) is 26.3 Å². The Morgan fingerprint density at radius 1 is 1.29 bits per heavy atom. The molecule has 0 atom stereocenters. The molecule has 94 valence electrons. The van der Waals surface area contributed by atoms with Crippen LogP contribution in [0.2, 0.25) is 0 Å². The molecule has 0 saturated carbocycles. The third kappa shape index (κ3) is 3.74. The summed E-state index contributed by atoms with van der Waals surface area (Å²) in [6.45, 7) is 6.69. The van der Waals surface area contributed by atoms with Gasteiger partial charge in [-0.3, -0.25) is 4.79 Å². The lowest BCUT2D eigenvalue weighted by molar-refractivity contribution is 0.0985. The van der Waals surface area contributed by atoms with Gasteiger partial charge >= 0.3 is 0 Å². The van der Waals surface area contributed by atoms with Gasteiger partial charge < -0.3 is 4.74 Å². The molecule has 0 amide bonds. The molecule has 1 aromatic carbocycles. The fraction of sp³-hybridized carbons (Fsp3) is 0.500. The number of carbonyl (C=O) groups is 1. The Labute approximate surface area is 108 Å². The maximum absolute atomic E-state index is 11.9. The molecule has 0 radical (unpaired) electrons. The number of aryl methyl sites for hydroxylation is 2. The summed E-state index contributed by atoms with van der Waals surface area (Å²) >= 11 is 5.61. The molecule has 0 aliphatic carbocycles. The van der Waals surface area contributed by atoms with Crippen LogP contribution < -0.4 is 4.74 Å². The van der Waals surface area contributed by atoms with E-state index in [0.29, 0.717) is 30.2 Å². The van der Waals surface area contributed by atoms with Crippen LogP contribution in [0, 0.1) is 13.8 Å². The second-order valence-electron chi connectivity index (χ2n) is 4.14. The third-order valence-electron chi connectivity index (χ3n) is 2.68. The second-order valence-corrected chi connectivity index (χ2v) is 4.52. The normalized spacial score (nSPS) is 10.4. The average molecular weight is 255 g/mol. The minimum Gasteiger partial charge on any atom is -0.493 e. The standard InChI is InChI=1S/C14H19ClO2/c1-4-7-17-14-9-11(3)10(2)8-12(14)13(16)5-6-15/h8-9H,4-7H2,1-3H3. The average Bonchev–Trinajstić information content (AvgIpc) is 2.30. The van der Waals surface area contributed by atoms with Crippen LogP contribution in [-0.2, 0) is 0 Å². The Morgan fingerprint density at radius 3 is 2.53 bits per heavy atom. The van der Waals surface area contributed by atoms with Gasteiger partial charge in [-0.1, -0.05) is 6.92 Å². The molecule has 1 aromatic rings. The molecule has 0 unspecified atom stereocenters. The van der Waals surface area contributed by atoms with E-state index in [4.69, 9.17) is 16.3 Å². The maximum Gasteiger partial charge on any atom is 0.167 e. The van der Waals surface area contributed by atoms with Crippen molar-refractivity contribution < 1.29 is 9.53 Å². The monoisotopic (exact) mass is 254 g/mol. The predicted molar refractivity (Wildman–Crippen MR) is 71.4 cm³/mol. The third-order valence-corrected chi connectivity index (χ3v) is 2.87. The highest BCUT2D eigenvalue weighted by molar-refractivity contribution is 6.19. The zero-order valence-electron chi connectivity index (χ0n) is 10.7. The van der Waals surface area contributed by atoms with E-state index in [1.54, 1.807) is 0 Å². The molecular formula is C14H19ClO2. The first-order chi connectivity index (χ1) is 8.10. The molecule has 0 spiro atoms. The quantitative estimate of drug-likeness (QED) is 0.568. The Hall–Kier alpha value is -1.02. The molecule has 0 aromatic heterocycles. The second kappa shape index (κ2) is 6.65. The van der Waals surface area contributed by atoms with Gasteiger partial charge in [-0.25, -0.2) is 0 Å². The molecule has 1 rings (SSSR count). The SMILES string of the molecule is CCCOc1cc(C)c(C)cc1C(=O)CCCl. The van der Waals surface area contributed by atoms with Crippen molar-refractivity contribution in [2.75, 3.05) is 12.5 Å². The van der Waals surface area contributed by atoms with Crippen molar-refractivity contribution in [2.24, 2.45) is 0 Å². The zero-order valence-corrected chi connectivity index (χ0v) is 11.4. The molecule has 0 aliphatic heterocycles. The Bertz CT molecular complexity index is 399. The summed E-state index contributed by atoms with van der Waals surface area (Å²) in [6.07, 6.45) is 1.28. The van der Waals surface area contributed by atoms with E-state index in [-0.39, 0.29) is 5.78 Å². The van der Waals surface area contributed by atoms with Gasteiger partial charge in [0, 0.05) is 12.3 Å². The Kier molecular flexibility index (Phi) is 5.49. The molecule has 17 heavy (non-hydrogen) atoms. The molecule has 0 heterocycles. The van der Waals surface area contributed by atoms with Crippen LogP contribution in [-0.4, -0.2) is 18.3 Å². The number of benzene rings is 1. The summed E-state index contributed by atoms with van der Waals surface area (Å²) in [5.41, 5.74) is 2.90. The smallest absolute Gasteiger partial charge is 0.167 e. The van der Waals surface area contributed by atoms with Crippen LogP contribution in [0.4, 0.5) is 0 Å². The van der Waals surface area contributed by atoms with Gasteiger partial charge in [0.1, 0.15) is 5.75 Å². The summed E-state index contributed by atoms with van der Waals surface area (Å²) in [4.78, 5) is 11.9.